The van der Waals surface area contributed by atoms with Crippen LogP contribution >= 0.6 is 0 Å². The molecule has 0 aliphatic carbocycles. The van der Waals surface area contributed by atoms with Gasteiger partial charge in [0.2, 0.25) is 0 Å². The lowest BCUT2D eigenvalue weighted by Crippen LogP contribution is -2.48. The summed E-state index contributed by atoms with van der Waals surface area (Å²) >= 11 is 0. The molecule has 1 aromatic heterocycles. The van der Waals surface area contributed by atoms with Gasteiger partial charge < -0.3 is 4.90 Å². The van der Waals surface area contributed by atoms with Crippen LogP contribution in [0, 0.1) is 5.82 Å². The van der Waals surface area contributed by atoms with Crippen LogP contribution in [0.4, 0.5) is 10.1 Å². The first kappa shape index (κ1) is 19.7. The molecule has 27 heavy (non-hydrogen) atoms. The number of rotatable bonds is 7. The molecule has 7 heteroatoms. The first-order valence-electron chi connectivity index (χ1n) is 9.99. The van der Waals surface area contributed by atoms with Gasteiger partial charge in [-0.3, -0.25) is 4.90 Å². The highest BCUT2D eigenvalue weighted by atomic mass is 19.1. The lowest BCUT2D eigenvalue weighted by molar-refractivity contribution is 0.154. The predicted molar refractivity (Wildman–Crippen MR) is 105 cm³/mol. The van der Waals surface area contributed by atoms with Crippen molar-refractivity contribution in [2.24, 2.45) is 0 Å². The third-order valence-electron chi connectivity index (χ3n) is 5.74. The van der Waals surface area contributed by atoms with E-state index in [2.05, 4.69) is 53.0 Å². The largest absolute Gasteiger partial charge is 0.369 e. The van der Waals surface area contributed by atoms with E-state index in [9.17, 15) is 4.39 Å². The Bertz CT molecular complexity index is 718. The maximum Gasteiger partial charge on any atom is 0.168 e. The summed E-state index contributed by atoms with van der Waals surface area (Å²) in [7, 11) is 0. The second-order valence-electron chi connectivity index (χ2n) is 7.92. The number of tetrazole rings is 1. The van der Waals surface area contributed by atoms with Gasteiger partial charge in [-0.1, -0.05) is 20.3 Å². The highest BCUT2D eigenvalue weighted by Gasteiger charge is 2.32. The maximum absolute atomic E-state index is 13.2. The van der Waals surface area contributed by atoms with Gasteiger partial charge in [0, 0.05) is 31.9 Å². The summed E-state index contributed by atoms with van der Waals surface area (Å²) in [5.41, 5.74) is 0.987. The summed E-state index contributed by atoms with van der Waals surface area (Å²) in [5.74, 6) is 0.782. The summed E-state index contributed by atoms with van der Waals surface area (Å²) in [6, 6.07) is 7.01. The van der Waals surface area contributed by atoms with Gasteiger partial charge in [-0.05, 0) is 61.4 Å². The van der Waals surface area contributed by atoms with Crippen molar-refractivity contribution in [2.45, 2.75) is 58.5 Å². The fourth-order valence-corrected chi connectivity index (χ4v) is 3.67. The first-order chi connectivity index (χ1) is 13.0. The van der Waals surface area contributed by atoms with Crippen LogP contribution in [-0.4, -0.2) is 51.3 Å². The van der Waals surface area contributed by atoms with Crippen molar-refractivity contribution >= 4 is 5.69 Å². The molecule has 148 valence electrons. The second-order valence-corrected chi connectivity index (χ2v) is 7.92. The molecule has 0 saturated carbocycles. The average molecular weight is 375 g/mol. The Balaban J connectivity index is 1.74. The molecule has 1 saturated heterocycles. The summed E-state index contributed by atoms with van der Waals surface area (Å²) in [4.78, 5) is 4.81. The minimum Gasteiger partial charge on any atom is -0.369 e. The van der Waals surface area contributed by atoms with Crippen LogP contribution in [-0.2, 0) is 5.54 Å². The van der Waals surface area contributed by atoms with Crippen LogP contribution in [0.15, 0.2) is 24.3 Å². The Hall–Kier alpha value is -2.02. The molecule has 6 nitrogen and oxygen atoms in total. The minimum absolute atomic E-state index is 0.0965. The van der Waals surface area contributed by atoms with Gasteiger partial charge in [-0.2, -0.15) is 0 Å². The summed E-state index contributed by atoms with van der Waals surface area (Å²) in [6.45, 7) is 12.5. The molecular formula is C20H31FN6. The highest BCUT2D eigenvalue weighted by Crippen LogP contribution is 2.30. The van der Waals surface area contributed by atoms with E-state index in [1.54, 1.807) is 0 Å². The predicted octanol–water partition coefficient (Wildman–Crippen LogP) is 3.62. The molecule has 0 radical (unpaired) electrons. The van der Waals surface area contributed by atoms with E-state index in [0.717, 1.165) is 57.0 Å². The van der Waals surface area contributed by atoms with E-state index in [1.165, 1.54) is 12.1 Å². The highest BCUT2D eigenvalue weighted by molar-refractivity contribution is 5.46. The number of aromatic nitrogens is 4. The molecule has 1 atom stereocenters. The number of hydrogen-bond donors (Lipinski definition) is 0. The normalized spacial score (nSPS) is 17.3. The van der Waals surface area contributed by atoms with Gasteiger partial charge in [0.25, 0.3) is 0 Å². The van der Waals surface area contributed by atoms with E-state index in [4.69, 9.17) is 0 Å². The number of hydrogen-bond acceptors (Lipinski definition) is 5. The molecule has 3 rings (SSSR count). The third-order valence-corrected chi connectivity index (χ3v) is 5.74. The lowest BCUT2D eigenvalue weighted by Gasteiger charge is -2.40. The van der Waals surface area contributed by atoms with Crippen molar-refractivity contribution in [2.75, 3.05) is 31.1 Å². The molecule has 0 amide bonds. The molecule has 0 spiro atoms. The van der Waals surface area contributed by atoms with Crippen LogP contribution in [0.2, 0.25) is 0 Å². The molecule has 0 bridgehead atoms. The van der Waals surface area contributed by atoms with E-state index in [-0.39, 0.29) is 17.4 Å². The SMILES string of the molecule is CCC[C@@H](c1nnnn1C(C)(C)CC)N1CCN(c2ccc(F)cc2)CC1. The maximum atomic E-state index is 13.2. The molecule has 1 fully saturated rings. The van der Waals surface area contributed by atoms with E-state index in [0.29, 0.717) is 0 Å². The summed E-state index contributed by atoms with van der Waals surface area (Å²) < 4.78 is 15.2. The molecule has 0 N–H and O–H groups in total. The summed E-state index contributed by atoms with van der Waals surface area (Å²) in [6.07, 6.45) is 3.10. The lowest BCUT2D eigenvalue weighted by atomic mass is 10.0. The van der Waals surface area contributed by atoms with Gasteiger partial charge in [0.1, 0.15) is 5.82 Å². The zero-order valence-corrected chi connectivity index (χ0v) is 16.9. The number of nitrogens with zero attached hydrogens (tertiary/aromatic N) is 6. The standard InChI is InChI=1S/C20H31FN6/c1-5-7-18(19-22-23-24-27(19)20(3,4)6-2)26-14-12-25(13-15-26)17-10-8-16(21)9-11-17/h8-11,18H,5-7,12-15H2,1-4H3/t18-/m0/s1. The number of anilines is 1. The van der Waals surface area contributed by atoms with Crippen molar-refractivity contribution in [3.63, 3.8) is 0 Å². The Morgan fingerprint density at radius 2 is 1.74 bits per heavy atom. The van der Waals surface area contributed by atoms with Crippen LogP contribution in [0.5, 0.6) is 0 Å². The Morgan fingerprint density at radius 3 is 2.33 bits per heavy atom. The Labute approximate surface area is 161 Å². The molecule has 0 unspecified atom stereocenters. The molecule has 2 aromatic rings. The zero-order chi connectivity index (χ0) is 19.4. The Kier molecular flexibility index (Phi) is 6.09. The van der Waals surface area contributed by atoms with E-state index < -0.39 is 0 Å². The van der Waals surface area contributed by atoms with Crippen LogP contribution < -0.4 is 4.90 Å². The van der Waals surface area contributed by atoms with Gasteiger partial charge in [-0.25, -0.2) is 9.07 Å². The molecule has 2 heterocycles. The zero-order valence-electron chi connectivity index (χ0n) is 16.9. The van der Waals surface area contributed by atoms with Crippen molar-refractivity contribution in [3.8, 4) is 0 Å². The number of benzene rings is 1. The van der Waals surface area contributed by atoms with Gasteiger partial charge >= 0.3 is 0 Å². The fourth-order valence-electron chi connectivity index (χ4n) is 3.67. The van der Waals surface area contributed by atoms with E-state index >= 15 is 0 Å². The monoisotopic (exact) mass is 374 g/mol. The van der Waals surface area contributed by atoms with Gasteiger partial charge in [-0.15, -0.1) is 5.10 Å². The fraction of sp³-hybridized carbons (Fsp3) is 0.650. The average Bonchev–Trinajstić information content (AvgIpc) is 3.17. The van der Waals surface area contributed by atoms with E-state index in [1.807, 2.05) is 16.8 Å². The van der Waals surface area contributed by atoms with Gasteiger partial charge in [0.05, 0.1) is 11.6 Å². The topological polar surface area (TPSA) is 50.1 Å². The molecule has 1 aliphatic rings. The van der Waals surface area contributed by atoms with Crippen LogP contribution in [0.25, 0.3) is 0 Å². The third kappa shape index (κ3) is 4.29. The first-order valence-corrected chi connectivity index (χ1v) is 9.99. The summed E-state index contributed by atoms with van der Waals surface area (Å²) in [5, 5.41) is 12.7. The second kappa shape index (κ2) is 8.33. The molecule has 1 aliphatic heterocycles. The quantitative estimate of drug-likeness (QED) is 0.741. The smallest absolute Gasteiger partial charge is 0.168 e. The van der Waals surface area contributed by atoms with Gasteiger partial charge in [0.15, 0.2) is 5.82 Å². The minimum atomic E-state index is -0.189. The molecule has 1 aromatic carbocycles. The van der Waals surface area contributed by atoms with Crippen LogP contribution in [0.3, 0.4) is 0 Å². The Morgan fingerprint density at radius 1 is 1.07 bits per heavy atom. The number of halogens is 1. The van der Waals surface area contributed by atoms with Crippen molar-refractivity contribution in [1.82, 2.24) is 25.1 Å². The van der Waals surface area contributed by atoms with Crippen molar-refractivity contribution in [3.05, 3.63) is 35.9 Å². The number of piperazine rings is 1. The van der Waals surface area contributed by atoms with Crippen LogP contribution in [0.1, 0.15) is 58.8 Å². The van der Waals surface area contributed by atoms with Crippen molar-refractivity contribution < 1.29 is 4.39 Å². The van der Waals surface area contributed by atoms with Crippen molar-refractivity contribution in [1.29, 1.82) is 0 Å². The molecular weight excluding hydrogens is 343 g/mol.